The van der Waals surface area contributed by atoms with E-state index in [1.165, 1.54) is 11.3 Å². The third-order valence-electron chi connectivity index (χ3n) is 6.26. The molecule has 0 atom stereocenters. The van der Waals surface area contributed by atoms with Crippen molar-refractivity contribution in [2.75, 3.05) is 0 Å². The van der Waals surface area contributed by atoms with E-state index in [1.807, 2.05) is 42.8 Å². The van der Waals surface area contributed by atoms with Gasteiger partial charge in [0, 0.05) is 34.2 Å². The Labute approximate surface area is 185 Å². The molecule has 0 spiro atoms. The molecular weight excluding hydrogens is 368 g/mol. The SMILES string of the molecule is [2H]C([2H])([2H])C([2H])(c1cc(C)[n+](C)c(-c2c(C)ccc3c2[Si](C)(C)c2cccc(C#N)c2-3)c1)C([2H])([2H])[2H]. The van der Waals surface area contributed by atoms with Gasteiger partial charge in [-0.25, -0.2) is 0 Å². The smallest absolute Gasteiger partial charge is 0.199 e. The Hall–Kier alpha value is -2.70. The fourth-order valence-corrected chi connectivity index (χ4v) is 8.18. The van der Waals surface area contributed by atoms with E-state index in [2.05, 4.69) is 25.2 Å². The van der Waals surface area contributed by atoms with E-state index < -0.39 is 27.7 Å². The molecule has 0 saturated heterocycles. The van der Waals surface area contributed by atoms with Crippen molar-refractivity contribution in [3.63, 3.8) is 0 Å². The lowest BCUT2D eigenvalue weighted by molar-refractivity contribution is -0.666. The van der Waals surface area contributed by atoms with Crippen LogP contribution in [0.1, 0.15) is 51.6 Å². The maximum atomic E-state index is 9.83. The van der Waals surface area contributed by atoms with Gasteiger partial charge in [-0.2, -0.15) is 9.83 Å². The number of fused-ring (bicyclic) bond motifs is 3. The Morgan fingerprint density at radius 1 is 1.10 bits per heavy atom. The summed E-state index contributed by atoms with van der Waals surface area (Å²) in [5, 5.41) is 12.1. The number of nitriles is 1. The molecule has 0 radical (unpaired) electrons. The zero-order chi connectivity index (χ0) is 27.0. The van der Waals surface area contributed by atoms with Gasteiger partial charge in [-0.1, -0.05) is 51.1 Å². The number of pyridine rings is 1. The number of nitrogens with zero attached hydrogens (tertiary/aromatic N) is 2. The van der Waals surface area contributed by atoms with Crippen LogP contribution in [0.25, 0.3) is 22.4 Å². The van der Waals surface area contributed by atoms with Gasteiger partial charge >= 0.3 is 0 Å². The summed E-state index contributed by atoms with van der Waals surface area (Å²) in [6.07, 6.45) is 0. The number of aryl methyl sites for hydroxylation is 2. The maximum Gasteiger partial charge on any atom is 0.212 e. The summed E-state index contributed by atoms with van der Waals surface area (Å²) in [5.41, 5.74) is 5.69. The Morgan fingerprint density at radius 3 is 2.55 bits per heavy atom. The molecule has 0 amide bonds. The molecule has 0 fully saturated rings. The molecule has 3 heteroatoms. The molecule has 1 aromatic heterocycles. The van der Waals surface area contributed by atoms with Crippen molar-refractivity contribution in [1.82, 2.24) is 0 Å². The Morgan fingerprint density at radius 2 is 1.86 bits per heavy atom. The average molecular weight is 405 g/mol. The van der Waals surface area contributed by atoms with Crippen molar-refractivity contribution in [3.8, 4) is 28.5 Å². The molecule has 1 aliphatic heterocycles. The number of aromatic nitrogens is 1. The van der Waals surface area contributed by atoms with Gasteiger partial charge in [0.25, 0.3) is 0 Å². The van der Waals surface area contributed by atoms with E-state index in [9.17, 15) is 5.26 Å². The summed E-state index contributed by atoms with van der Waals surface area (Å²) in [4.78, 5) is 0. The van der Waals surface area contributed by atoms with Crippen LogP contribution < -0.4 is 14.9 Å². The molecule has 0 aliphatic carbocycles. The predicted molar refractivity (Wildman–Crippen MR) is 124 cm³/mol. The van der Waals surface area contributed by atoms with E-state index in [-0.39, 0.29) is 5.56 Å². The molecule has 0 saturated carbocycles. The molecule has 1 aliphatic rings. The van der Waals surface area contributed by atoms with Gasteiger partial charge in [0.15, 0.2) is 5.69 Å². The molecule has 3 aromatic rings. The van der Waals surface area contributed by atoms with Gasteiger partial charge in [-0.15, -0.1) is 0 Å². The zero-order valence-electron chi connectivity index (χ0n) is 24.4. The summed E-state index contributed by atoms with van der Waals surface area (Å²) >= 11 is 0. The second kappa shape index (κ2) is 6.68. The Kier molecular flexibility index (Phi) is 2.94. The topological polar surface area (TPSA) is 27.7 Å². The number of hydrogen-bond acceptors (Lipinski definition) is 1. The third kappa shape index (κ3) is 2.78. The molecule has 2 aromatic carbocycles. The quantitative estimate of drug-likeness (QED) is 0.453. The first-order valence-corrected chi connectivity index (χ1v) is 12.7. The minimum Gasteiger partial charge on any atom is -0.199 e. The van der Waals surface area contributed by atoms with Crippen molar-refractivity contribution in [1.29, 1.82) is 5.26 Å². The number of hydrogen-bond donors (Lipinski definition) is 0. The van der Waals surface area contributed by atoms with Gasteiger partial charge in [0.1, 0.15) is 15.1 Å². The maximum absolute atomic E-state index is 9.83. The highest BCUT2D eigenvalue weighted by Crippen LogP contribution is 2.36. The van der Waals surface area contributed by atoms with Crippen LogP contribution in [0.15, 0.2) is 42.5 Å². The van der Waals surface area contributed by atoms with Gasteiger partial charge in [0.05, 0.1) is 11.6 Å². The summed E-state index contributed by atoms with van der Waals surface area (Å²) < 4.78 is 58.7. The van der Waals surface area contributed by atoms with Crippen LogP contribution >= 0.6 is 0 Å². The van der Waals surface area contributed by atoms with Crippen LogP contribution in [0.3, 0.4) is 0 Å². The molecular formula is C26H29N2Si+. The molecule has 2 nitrogen and oxygen atoms in total. The largest absolute Gasteiger partial charge is 0.212 e. The highest BCUT2D eigenvalue weighted by atomic mass is 28.3. The first-order valence-electron chi connectivity index (χ1n) is 13.2. The zero-order valence-corrected chi connectivity index (χ0v) is 18.4. The van der Waals surface area contributed by atoms with Gasteiger partial charge in [0.2, 0.25) is 5.69 Å². The number of benzene rings is 2. The van der Waals surface area contributed by atoms with Crippen molar-refractivity contribution in [2.24, 2.45) is 7.05 Å². The Bertz CT molecular complexity index is 1430. The standard InChI is InChI=1S/C26H29N2Si/c1-16(2)20-13-18(4)28(5)22(14-20)24-17(3)11-12-21-25-19(15-27)9-8-10-23(25)29(6,7)26(21)24/h8-14,16H,1-7H3/q+1/i1D3,2D3,16D. The van der Waals surface area contributed by atoms with Crippen LogP contribution in [0.4, 0.5) is 0 Å². The summed E-state index contributed by atoms with van der Waals surface area (Å²) in [6, 6.07) is 15.3. The second-order valence-electron chi connectivity index (χ2n) is 8.35. The summed E-state index contributed by atoms with van der Waals surface area (Å²) in [6.45, 7) is 2.10. The molecule has 4 rings (SSSR count). The van der Waals surface area contributed by atoms with Gasteiger partial charge in [-0.05, 0) is 51.5 Å². The molecule has 0 N–H and O–H groups in total. The van der Waals surface area contributed by atoms with Crippen LogP contribution in [0, 0.1) is 25.2 Å². The first-order chi connectivity index (χ1) is 16.5. The van der Waals surface area contributed by atoms with E-state index in [0.29, 0.717) is 17.0 Å². The van der Waals surface area contributed by atoms with Gasteiger partial charge in [-0.3, -0.25) is 0 Å². The summed E-state index contributed by atoms with van der Waals surface area (Å²) in [5.74, 6) is -2.79. The molecule has 0 unspecified atom stereocenters. The second-order valence-corrected chi connectivity index (χ2v) is 12.6. The lowest BCUT2D eigenvalue weighted by atomic mass is 9.93. The minimum atomic E-state index is -3.07. The van der Waals surface area contributed by atoms with Crippen LogP contribution in [0.5, 0.6) is 0 Å². The monoisotopic (exact) mass is 404 g/mol. The molecule has 0 bridgehead atoms. The van der Waals surface area contributed by atoms with E-state index in [4.69, 9.17) is 9.60 Å². The minimum absolute atomic E-state index is 0.0576. The van der Waals surface area contributed by atoms with E-state index in [1.54, 1.807) is 13.0 Å². The van der Waals surface area contributed by atoms with E-state index in [0.717, 1.165) is 27.4 Å². The fraction of sp³-hybridized carbons (Fsp3) is 0.308. The van der Waals surface area contributed by atoms with Crippen molar-refractivity contribution in [2.45, 2.75) is 46.5 Å². The highest BCUT2D eigenvalue weighted by molar-refractivity contribution is 7.04. The van der Waals surface area contributed by atoms with E-state index >= 15 is 0 Å². The number of rotatable bonds is 2. The fourth-order valence-electron chi connectivity index (χ4n) is 4.67. The lowest BCUT2D eigenvalue weighted by Gasteiger charge is -2.23. The van der Waals surface area contributed by atoms with Crippen LogP contribution in [-0.2, 0) is 7.05 Å². The average Bonchev–Trinajstić information content (AvgIpc) is 3.01. The van der Waals surface area contributed by atoms with Crippen molar-refractivity contribution >= 4 is 18.4 Å². The molecule has 2 heterocycles. The van der Waals surface area contributed by atoms with Crippen molar-refractivity contribution < 1.29 is 14.2 Å². The van der Waals surface area contributed by atoms with Crippen molar-refractivity contribution in [3.05, 3.63) is 64.8 Å². The lowest BCUT2D eigenvalue weighted by Crippen LogP contribution is -2.51. The molecule has 29 heavy (non-hydrogen) atoms. The van der Waals surface area contributed by atoms with Crippen LogP contribution in [-0.4, -0.2) is 8.07 Å². The molecule has 146 valence electrons. The third-order valence-corrected chi connectivity index (χ3v) is 9.79. The highest BCUT2D eigenvalue weighted by Gasteiger charge is 2.42. The Balaban J connectivity index is 2.12. The predicted octanol–water partition coefficient (Wildman–Crippen LogP) is 4.59. The summed E-state index contributed by atoms with van der Waals surface area (Å²) in [7, 11) is -0.436. The first kappa shape index (κ1) is 12.8. The normalized spacial score (nSPS) is 18.7. The van der Waals surface area contributed by atoms with Crippen LogP contribution in [0.2, 0.25) is 13.1 Å². The van der Waals surface area contributed by atoms with Gasteiger partial charge < -0.3 is 0 Å².